The minimum atomic E-state index is -0.748. The molecule has 20 heavy (non-hydrogen) atoms. The molecular weight excluding hydrogens is 366 g/mol. The lowest BCUT2D eigenvalue weighted by Gasteiger charge is -2.20. The van der Waals surface area contributed by atoms with Gasteiger partial charge < -0.3 is 9.15 Å². The number of carbonyl (C=O) groups excluding carboxylic acids is 2. The molecule has 1 aromatic rings. The second-order valence-electron chi connectivity index (χ2n) is 3.89. The van der Waals surface area contributed by atoms with Gasteiger partial charge in [-0.15, -0.1) is 0 Å². The summed E-state index contributed by atoms with van der Waals surface area (Å²) in [5, 5.41) is 0. The van der Waals surface area contributed by atoms with Crippen LogP contribution in [0.25, 0.3) is 6.08 Å². The second-order valence-corrected chi connectivity index (χ2v) is 6.35. The van der Waals surface area contributed by atoms with Crippen molar-refractivity contribution >= 4 is 62.2 Å². The van der Waals surface area contributed by atoms with Crippen molar-refractivity contribution in [2.45, 2.75) is 13.0 Å². The van der Waals surface area contributed by atoms with Gasteiger partial charge in [0.25, 0.3) is 5.91 Å². The third-order valence-corrected chi connectivity index (χ3v) is 4.38. The zero-order valence-electron chi connectivity index (χ0n) is 10.6. The van der Waals surface area contributed by atoms with Gasteiger partial charge in [0.1, 0.15) is 16.1 Å². The number of thioether (sulfide) groups is 1. The lowest BCUT2D eigenvalue weighted by atomic mass is 10.3. The van der Waals surface area contributed by atoms with Gasteiger partial charge in [0, 0.05) is 6.08 Å². The van der Waals surface area contributed by atoms with Crippen LogP contribution >= 0.6 is 39.9 Å². The third kappa shape index (κ3) is 2.97. The van der Waals surface area contributed by atoms with E-state index >= 15 is 0 Å². The SMILES string of the molecule is COC(=O)[C@H](C)N1C(=O)/C(=C/c2ccc(Br)o2)SC1=S. The Morgan fingerprint density at radius 3 is 2.85 bits per heavy atom. The minimum Gasteiger partial charge on any atom is -0.467 e. The Morgan fingerprint density at radius 2 is 2.30 bits per heavy atom. The second kappa shape index (κ2) is 6.11. The van der Waals surface area contributed by atoms with E-state index in [0.717, 1.165) is 11.8 Å². The number of methoxy groups -OCH3 is 1. The van der Waals surface area contributed by atoms with Crippen molar-refractivity contribution in [3.63, 3.8) is 0 Å². The molecule has 0 aliphatic carbocycles. The number of furan rings is 1. The zero-order valence-corrected chi connectivity index (χ0v) is 13.8. The summed E-state index contributed by atoms with van der Waals surface area (Å²) in [6.07, 6.45) is 1.59. The number of halogens is 1. The number of nitrogens with zero attached hydrogens (tertiary/aromatic N) is 1. The molecule has 0 bridgehead atoms. The lowest BCUT2D eigenvalue weighted by Crippen LogP contribution is -2.42. The molecule has 1 fully saturated rings. The summed E-state index contributed by atoms with van der Waals surface area (Å²) in [6, 6.07) is 2.70. The van der Waals surface area contributed by atoms with E-state index in [1.165, 1.54) is 12.0 Å². The Hall–Kier alpha value is -1.12. The predicted molar refractivity (Wildman–Crippen MR) is 82.9 cm³/mol. The molecular formula is C12H10BrNO4S2. The average molecular weight is 376 g/mol. The fourth-order valence-electron chi connectivity index (χ4n) is 1.62. The molecule has 1 aliphatic heterocycles. The van der Waals surface area contributed by atoms with E-state index in [0.29, 0.717) is 19.7 Å². The number of hydrogen-bond acceptors (Lipinski definition) is 6. The highest BCUT2D eigenvalue weighted by molar-refractivity contribution is 9.10. The summed E-state index contributed by atoms with van der Waals surface area (Å²) in [6.45, 7) is 1.57. The first-order valence-corrected chi connectivity index (χ1v) is 7.56. The van der Waals surface area contributed by atoms with E-state index in [9.17, 15) is 9.59 Å². The number of ether oxygens (including phenoxy) is 1. The van der Waals surface area contributed by atoms with Crippen LogP contribution in [0.1, 0.15) is 12.7 Å². The maximum Gasteiger partial charge on any atom is 0.328 e. The van der Waals surface area contributed by atoms with Gasteiger partial charge in [-0.1, -0.05) is 24.0 Å². The van der Waals surface area contributed by atoms with Crippen molar-refractivity contribution in [2.75, 3.05) is 7.11 Å². The first-order chi connectivity index (χ1) is 9.43. The first-order valence-electron chi connectivity index (χ1n) is 5.54. The van der Waals surface area contributed by atoms with E-state index < -0.39 is 12.0 Å². The molecule has 8 heteroatoms. The monoisotopic (exact) mass is 375 g/mol. The summed E-state index contributed by atoms with van der Waals surface area (Å²) < 4.78 is 10.8. The summed E-state index contributed by atoms with van der Waals surface area (Å²) in [5.41, 5.74) is 0. The molecule has 5 nitrogen and oxygen atoms in total. The van der Waals surface area contributed by atoms with Crippen LogP contribution in [-0.4, -0.2) is 34.2 Å². The normalized spacial score (nSPS) is 18.8. The molecule has 0 N–H and O–H groups in total. The molecule has 0 aromatic carbocycles. The molecule has 0 spiro atoms. The summed E-state index contributed by atoms with van der Waals surface area (Å²) >= 11 is 9.45. The molecule has 0 radical (unpaired) electrons. The van der Waals surface area contributed by atoms with Crippen molar-refractivity contribution < 1.29 is 18.7 Å². The highest BCUT2D eigenvalue weighted by atomic mass is 79.9. The van der Waals surface area contributed by atoms with Crippen LogP contribution in [0, 0.1) is 0 Å². The fraction of sp³-hybridized carbons (Fsp3) is 0.250. The number of carbonyl (C=O) groups is 2. The van der Waals surface area contributed by atoms with Gasteiger partial charge in [-0.25, -0.2) is 4.79 Å². The predicted octanol–water partition coefficient (Wildman–Crippen LogP) is 2.80. The minimum absolute atomic E-state index is 0.324. The molecule has 0 saturated carbocycles. The maximum absolute atomic E-state index is 12.3. The number of rotatable bonds is 3. The van der Waals surface area contributed by atoms with E-state index in [-0.39, 0.29) is 5.91 Å². The number of hydrogen-bond donors (Lipinski definition) is 0. The smallest absolute Gasteiger partial charge is 0.328 e. The number of esters is 1. The Balaban J connectivity index is 2.25. The van der Waals surface area contributed by atoms with Crippen LogP contribution in [0.15, 0.2) is 26.1 Å². The highest BCUT2D eigenvalue weighted by Crippen LogP contribution is 2.34. The molecule has 106 valence electrons. The summed E-state index contributed by atoms with van der Waals surface area (Å²) in [7, 11) is 1.27. The fourth-order valence-corrected chi connectivity index (χ4v) is 3.34. The van der Waals surface area contributed by atoms with Crippen LogP contribution in [-0.2, 0) is 14.3 Å². The third-order valence-electron chi connectivity index (χ3n) is 2.62. The van der Waals surface area contributed by atoms with Gasteiger partial charge in [-0.3, -0.25) is 9.69 Å². The number of thiocarbonyl (C=S) groups is 1. The Morgan fingerprint density at radius 1 is 1.60 bits per heavy atom. The topological polar surface area (TPSA) is 59.8 Å². The first kappa shape index (κ1) is 15.3. The lowest BCUT2D eigenvalue weighted by molar-refractivity contribution is -0.147. The van der Waals surface area contributed by atoms with Gasteiger partial charge >= 0.3 is 5.97 Å². The molecule has 1 atom stereocenters. The van der Waals surface area contributed by atoms with Crippen LogP contribution in [0.3, 0.4) is 0 Å². The standard InChI is InChI=1S/C12H10BrNO4S2/c1-6(11(16)17-2)14-10(15)8(20-12(14)19)5-7-3-4-9(13)18-7/h3-6H,1-2H3/b8-5-/t6-/m0/s1. The average Bonchev–Trinajstić information content (AvgIpc) is 2.93. The molecule has 1 aromatic heterocycles. The Labute approximate surface area is 133 Å². The van der Waals surface area contributed by atoms with Crippen molar-refractivity contribution in [1.29, 1.82) is 0 Å². The van der Waals surface area contributed by atoms with Gasteiger partial charge in [0.2, 0.25) is 0 Å². The van der Waals surface area contributed by atoms with Crippen molar-refractivity contribution in [2.24, 2.45) is 0 Å². The van der Waals surface area contributed by atoms with E-state index in [2.05, 4.69) is 20.7 Å². The van der Waals surface area contributed by atoms with Gasteiger partial charge in [-0.2, -0.15) is 0 Å². The summed E-state index contributed by atoms with van der Waals surface area (Å²) in [5.74, 6) is -0.309. The van der Waals surface area contributed by atoms with Crippen molar-refractivity contribution in [3.05, 3.63) is 27.5 Å². The zero-order chi connectivity index (χ0) is 14.9. The highest BCUT2D eigenvalue weighted by Gasteiger charge is 2.38. The van der Waals surface area contributed by atoms with Crippen molar-refractivity contribution in [1.82, 2.24) is 4.90 Å². The molecule has 1 saturated heterocycles. The van der Waals surface area contributed by atoms with E-state index in [4.69, 9.17) is 16.6 Å². The van der Waals surface area contributed by atoms with Crippen LogP contribution in [0.4, 0.5) is 0 Å². The molecule has 1 amide bonds. The molecule has 2 rings (SSSR count). The molecule has 1 aliphatic rings. The van der Waals surface area contributed by atoms with Gasteiger partial charge in [0.05, 0.1) is 12.0 Å². The largest absolute Gasteiger partial charge is 0.467 e. The maximum atomic E-state index is 12.3. The van der Waals surface area contributed by atoms with Crippen molar-refractivity contribution in [3.8, 4) is 0 Å². The van der Waals surface area contributed by atoms with Crippen LogP contribution in [0.2, 0.25) is 0 Å². The quantitative estimate of drug-likeness (QED) is 0.459. The molecule has 2 heterocycles. The summed E-state index contributed by atoms with van der Waals surface area (Å²) in [4.78, 5) is 25.5. The van der Waals surface area contributed by atoms with Crippen LogP contribution < -0.4 is 0 Å². The van der Waals surface area contributed by atoms with Gasteiger partial charge in [0.15, 0.2) is 4.67 Å². The Kier molecular flexibility index (Phi) is 4.66. The van der Waals surface area contributed by atoms with E-state index in [1.54, 1.807) is 25.1 Å². The Bertz CT molecular complexity index is 610. The van der Waals surface area contributed by atoms with Gasteiger partial charge in [-0.05, 0) is 35.0 Å². The van der Waals surface area contributed by atoms with Crippen LogP contribution in [0.5, 0.6) is 0 Å². The number of amides is 1. The molecule has 0 unspecified atom stereocenters. The van der Waals surface area contributed by atoms with E-state index in [1.807, 2.05) is 0 Å².